The van der Waals surface area contributed by atoms with E-state index in [1.807, 2.05) is 22.8 Å². The molecule has 0 saturated carbocycles. The number of piperidine rings is 1. The molecule has 1 aliphatic heterocycles. The van der Waals surface area contributed by atoms with Crippen molar-refractivity contribution < 1.29 is 0 Å². The summed E-state index contributed by atoms with van der Waals surface area (Å²) < 4.78 is 1.84. The van der Waals surface area contributed by atoms with Crippen molar-refractivity contribution in [1.82, 2.24) is 14.7 Å². The maximum absolute atomic E-state index is 7.35. The van der Waals surface area contributed by atoms with Crippen molar-refractivity contribution in [2.75, 3.05) is 13.1 Å². The number of nitrogens with zero attached hydrogens (tertiary/aromatic N) is 3. The summed E-state index contributed by atoms with van der Waals surface area (Å²) in [5.41, 5.74) is 6.61. The summed E-state index contributed by atoms with van der Waals surface area (Å²) in [5.74, 6) is 0.719. The third-order valence-electron chi connectivity index (χ3n) is 2.99. The molecule has 1 aliphatic rings. The van der Waals surface area contributed by atoms with Crippen LogP contribution in [-0.4, -0.2) is 33.7 Å². The van der Waals surface area contributed by atoms with E-state index in [9.17, 15) is 0 Å². The second kappa shape index (κ2) is 3.92. The highest BCUT2D eigenvalue weighted by molar-refractivity contribution is 5.74. The third-order valence-corrected chi connectivity index (χ3v) is 2.99. The van der Waals surface area contributed by atoms with Gasteiger partial charge in [0, 0.05) is 32.3 Å². The van der Waals surface area contributed by atoms with Crippen LogP contribution in [0.15, 0.2) is 12.3 Å². The van der Waals surface area contributed by atoms with Gasteiger partial charge >= 0.3 is 0 Å². The summed E-state index contributed by atoms with van der Waals surface area (Å²) >= 11 is 0. The van der Waals surface area contributed by atoms with Crippen LogP contribution >= 0.6 is 0 Å². The normalized spacial score (nSPS) is 18.1. The van der Waals surface area contributed by atoms with E-state index in [0.29, 0.717) is 5.92 Å². The first-order valence-electron chi connectivity index (χ1n) is 5.25. The maximum atomic E-state index is 7.35. The molecule has 0 bridgehead atoms. The lowest BCUT2D eigenvalue weighted by Gasteiger charge is -2.31. The van der Waals surface area contributed by atoms with Crippen LogP contribution < -0.4 is 5.73 Å². The molecule has 1 aromatic rings. The number of aryl methyl sites for hydroxylation is 1. The molecule has 0 atom stereocenters. The number of rotatable bonds is 1. The Labute approximate surface area is 89.4 Å². The first kappa shape index (κ1) is 10.0. The average Bonchev–Trinajstić information content (AvgIpc) is 2.65. The Morgan fingerprint density at radius 2 is 2.20 bits per heavy atom. The van der Waals surface area contributed by atoms with E-state index in [4.69, 9.17) is 11.1 Å². The van der Waals surface area contributed by atoms with Gasteiger partial charge in [-0.05, 0) is 18.9 Å². The van der Waals surface area contributed by atoms with Crippen LogP contribution in [0.3, 0.4) is 0 Å². The molecule has 0 unspecified atom stereocenters. The van der Waals surface area contributed by atoms with Crippen molar-refractivity contribution in [1.29, 1.82) is 5.41 Å². The third kappa shape index (κ3) is 2.11. The molecule has 5 heteroatoms. The van der Waals surface area contributed by atoms with Crippen LogP contribution in [-0.2, 0) is 7.05 Å². The molecule has 0 amide bonds. The number of guanidine groups is 1. The Morgan fingerprint density at radius 3 is 2.67 bits per heavy atom. The predicted octanol–water partition coefficient (Wildman–Crippen LogP) is 0.493. The van der Waals surface area contributed by atoms with Gasteiger partial charge in [-0.25, -0.2) is 0 Å². The van der Waals surface area contributed by atoms with Gasteiger partial charge in [-0.15, -0.1) is 0 Å². The number of likely N-dealkylation sites (tertiary alicyclic amines) is 1. The topological polar surface area (TPSA) is 70.9 Å². The zero-order valence-corrected chi connectivity index (χ0v) is 8.98. The van der Waals surface area contributed by atoms with Crippen molar-refractivity contribution >= 4 is 5.96 Å². The molecular formula is C10H17N5. The van der Waals surface area contributed by atoms with Gasteiger partial charge in [0.25, 0.3) is 0 Å². The van der Waals surface area contributed by atoms with E-state index in [2.05, 4.69) is 11.2 Å². The van der Waals surface area contributed by atoms with E-state index in [1.54, 1.807) is 0 Å². The highest BCUT2D eigenvalue weighted by Gasteiger charge is 2.22. The zero-order valence-electron chi connectivity index (χ0n) is 8.98. The van der Waals surface area contributed by atoms with E-state index < -0.39 is 0 Å². The average molecular weight is 207 g/mol. The van der Waals surface area contributed by atoms with Crippen LogP contribution in [0.1, 0.15) is 24.5 Å². The van der Waals surface area contributed by atoms with E-state index in [0.717, 1.165) is 25.9 Å². The molecule has 82 valence electrons. The predicted molar refractivity (Wildman–Crippen MR) is 58.7 cm³/mol. The molecule has 1 aromatic heterocycles. The summed E-state index contributed by atoms with van der Waals surface area (Å²) in [6.07, 6.45) is 4.06. The van der Waals surface area contributed by atoms with Gasteiger partial charge < -0.3 is 10.6 Å². The number of hydrogen-bond donors (Lipinski definition) is 2. The summed E-state index contributed by atoms with van der Waals surface area (Å²) in [7, 11) is 1.94. The first-order valence-corrected chi connectivity index (χ1v) is 5.25. The van der Waals surface area contributed by atoms with Gasteiger partial charge in [0.15, 0.2) is 5.96 Å². The SMILES string of the molecule is Cn1ccc(C2CCN(C(=N)N)CC2)n1. The Kier molecular flexibility index (Phi) is 2.62. The fourth-order valence-electron chi connectivity index (χ4n) is 2.07. The quantitative estimate of drug-likeness (QED) is 0.520. The Balaban J connectivity index is 1.96. The van der Waals surface area contributed by atoms with Crippen molar-refractivity contribution in [3.63, 3.8) is 0 Å². The highest BCUT2D eigenvalue weighted by atomic mass is 15.3. The standard InChI is InChI=1S/C10H17N5/c1-14-5-4-9(13-14)8-2-6-15(7-3-8)10(11)12/h4-5,8H,2-3,6-7H2,1H3,(H3,11,12). The molecule has 1 fully saturated rings. The summed E-state index contributed by atoms with van der Waals surface area (Å²) in [6, 6.07) is 2.08. The lowest BCUT2D eigenvalue weighted by Crippen LogP contribution is -2.41. The summed E-state index contributed by atoms with van der Waals surface area (Å²) in [5, 5.41) is 11.8. The molecule has 2 heterocycles. The van der Waals surface area contributed by atoms with E-state index in [-0.39, 0.29) is 5.96 Å². The molecule has 5 nitrogen and oxygen atoms in total. The Morgan fingerprint density at radius 1 is 1.53 bits per heavy atom. The van der Waals surface area contributed by atoms with Crippen LogP contribution in [0.25, 0.3) is 0 Å². The first-order chi connectivity index (χ1) is 7.16. The number of hydrogen-bond acceptors (Lipinski definition) is 2. The minimum Gasteiger partial charge on any atom is -0.370 e. The molecule has 0 aliphatic carbocycles. The summed E-state index contributed by atoms with van der Waals surface area (Å²) in [6.45, 7) is 1.74. The van der Waals surface area contributed by atoms with E-state index >= 15 is 0 Å². The molecular weight excluding hydrogens is 190 g/mol. The zero-order chi connectivity index (χ0) is 10.8. The van der Waals surface area contributed by atoms with Gasteiger partial charge in [0.2, 0.25) is 0 Å². The van der Waals surface area contributed by atoms with Crippen molar-refractivity contribution in [2.24, 2.45) is 12.8 Å². The van der Waals surface area contributed by atoms with Gasteiger partial charge in [-0.2, -0.15) is 5.10 Å². The second-order valence-electron chi connectivity index (χ2n) is 4.06. The molecule has 0 aromatic carbocycles. The van der Waals surface area contributed by atoms with Crippen molar-refractivity contribution in [2.45, 2.75) is 18.8 Å². The number of nitrogens with two attached hydrogens (primary N) is 1. The van der Waals surface area contributed by atoms with Gasteiger partial charge in [0.05, 0.1) is 5.69 Å². The lowest BCUT2D eigenvalue weighted by molar-refractivity contribution is 0.305. The van der Waals surface area contributed by atoms with Gasteiger partial charge in [-0.3, -0.25) is 10.1 Å². The molecule has 0 spiro atoms. The molecule has 1 saturated heterocycles. The monoisotopic (exact) mass is 207 g/mol. The number of aromatic nitrogens is 2. The lowest BCUT2D eigenvalue weighted by atomic mass is 9.94. The molecule has 2 rings (SSSR count). The minimum absolute atomic E-state index is 0.189. The van der Waals surface area contributed by atoms with Gasteiger partial charge in [-0.1, -0.05) is 0 Å². The second-order valence-corrected chi connectivity index (χ2v) is 4.06. The molecule has 0 radical (unpaired) electrons. The molecule has 3 N–H and O–H groups in total. The largest absolute Gasteiger partial charge is 0.370 e. The Bertz CT molecular complexity index is 348. The fraction of sp³-hybridized carbons (Fsp3) is 0.600. The van der Waals surface area contributed by atoms with Crippen molar-refractivity contribution in [3.8, 4) is 0 Å². The Hall–Kier alpha value is -1.52. The van der Waals surface area contributed by atoms with Crippen LogP contribution in [0.4, 0.5) is 0 Å². The van der Waals surface area contributed by atoms with E-state index in [1.165, 1.54) is 5.69 Å². The minimum atomic E-state index is 0.189. The van der Waals surface area contributed by atoms with Crippen LogP contribution in [0, 0.1) is 5.41 Å². The highest BCUT2D eigenvalue weighted by Crippen LogP contribution is 2.26. The smallest absolute Gasteiger partial charge is 0.188 e. The van der Waals surface area contributed by atoms with Crippen LogP contribution in [0.5, 0.6) is 0 Å². The maximum Gasteiger partial charge on any atom is 0.188 e. The molecule has 15 heavy (non-hydrogen) atoms. The van der Waals surface area contributed by atoms with Crippen LogP contribution in [0.2, 0.25) is 0 Å². The fourth-order valence-corrected chi connectivity index (χ4v) is 2.07. The van der Waals surface area contributed by atoms with Crippen molar-refractivity contribution in [3.05, 3.63) is 18.0 Å². The number of nitrogens with one attached hydrogen (secondary N) is 1. The summed E-state index contributed by atoms with van der Waals surface area (Å²) in [4.78, 5) is 1.92. The van der Waals surface area contributed by atoms with Gasteiger partial charge in [0.1, 0.15) is 0 Å².